The van der Waals surface area contributed by atoms with Crippen molar-refractivity contribution in [2.24, 2.45) is 0 Å². The van der Waals surface area contributed by atoms with E-state index in [1.165, 1.54) is 0 Å². The molecule has 1 aromatic carbocycles. The zero-order chi connectivity index (χ0) is 19.3. The average Bonchev–Trinajstić information content (AvgIpc) is 2.58. The number of Topliss-reactive ketones (excluding diaryl/α,β-unsaturated/α-hetero) is 1. The summed E-state index contributed by atoms with van der Waals surface area (Å²) in [5, 5.41) is 3.97. The topological polar surface area (TPSA) is 50.8 Å². The molecule has 1 heterocycles. The lowest BCUT2D eigenvalue weighted by atomic mass is 9.91. The van der Waals surface area contributed by atoms with Gasteiger partial charge >= 0.3 is 0 Å². The Morgan fingerprint density at radius 3 is 2.50 bits per heavy atom. The summed E-state index contributed by atoms with van der Waals surface area (Å²) >= 11 is 5.57. The van der Waals surface area contributed by atoms with Crippen LogP contribution < -0.4 is 14.8 Å². The Bertz CT molecular complexity index is 715. The molecule has 1 atom stereocenters. The molecule has 1 aromatic rings. The first-order valence-electron chi connectivity index (χ1n) is 9.13. The molecule has 1 aliphatic heterocycles. The Labute approximate surface area is 161 Å². The van der Waals surface area contributed by atoms with Gasteiger partial charge in [0, 0.05) is 29.4 Å². The van der Waals surface area contributed by atoms with E-state index in [-0.39, 0.29) is 11.8 Å². The van der Waals surface area contributed by atoms with Crippen molar-refractivity contribution < 1.29 is 14.3 Å². The van der Waals surface area contributed by atoms with E-state index in [9.17, 15) is 4.79 Å². The van der Waals surface area contributed by atoms with Crippen molar-refractivity contribution in [1.82, 2.24) is 10.2 Å². The van der Waals surface area contributed by atoms with Gasteiger partial charge in [0.2, 0.25) is 0 Å². The van der Waals surface area contributed by atoms with Crippen LogP contribution in [0.25, 0.3) is 0 Å². The second-order valence-corrected chi connectivity index (χ2v) is 6.54. The number of hydrogen-bond acceptors (Lipinski definition) is 4. The fourth-order valence-corrected chi connectivity index (χ4v) is 3.60. The fourth-order valence-electron chi connectivity index (χ4n) is 3.25. The number of hydrogen-bond donors (Lipinski definition) is 1. The van der Waals surface area contributed by atoms with Crippen LogP contribution in [0.15, 0.2) is 29.5 Å². The minimum Gasteiger partial charge on any atom is -0.494 e. The van der Waals surface area contributed by atoms with Gasteiger partial charge in [-0.1, -0.05) is 6.92 Å². The molecule has 0 spiro atoms. The van der Waals surface area contributed by atoms with Crippen LogP contribution >= 0.6 is 12.2 Å². The molecule has 5 nitrogen and oxygen atoms in total. The van der Waals surface area contributed by atoms with Gasteiger partial charge in [-0.3, -0.25) is 4.79 Å². The quantitative estimate of drug-likeness (QED) is 0.693. The lowest BCUT2D eigenvalue weighted by Crippen LogP contribution is -2.47. The van der Waals surface area contributed by atoms with Gasteiger partial charge < -0.3 is 19.7 Å². The summed E-state index contributed by atoms with van der Waals surface area (Å²) in [5.74, 6) is 1.48. The average molecular weight is 377 g/mol. The summed E-state index contributed by atoms with van der Waals surface area (Å²) in [6, 6.07) is 5.39. The van der Waals surface area contributed by atoms with Gasteiger partial charge in [0.05, 0.1) is 19.3 Å². The summed E-state index contributed by atoms with van der Waals surface area (Å²) in [6.45, 7) is 11.4. The number of nitrogens with zero attached hydrogens (tertiary/aromatic N) is 1. The van der Waals surface area contributed by atoms with E-state index in [1.807, 2.05) is 43.9 Å². The highest BCUT2D eigenvalue weighted by Crippen LogP contribution is 2.37. The highest BCUT2D eigenvalue weighted by Gasteiger charge is 2.33. The molecule has 1 N–H and O–H groups in total. The molecule has 6 heteroatoms. The SMILES string of the molecule is CCCN1C(=S)NC(c2ccc(OCC)cc2OCC)C(C(C)=O)=C1C. The number of carbonyl (C=O) groups excluding carboxylic acids is 1. The normalized spacial score (nSPS) is 17.2. The monoisotopic (exact) mass is 376 g/mol. The number of rotatable bonds is 8. The number of ketones is 1. The van der Waals surface area contributed by atoms with Gasteiger partial charge in [-0.15, -0.1) is 0 Å². The Balaban J connectivity index is 2.55. The lowest BCUT2D eigenvalue weighted by molar-refractivity contribution is -0.114. The van der Waals surface area contributed by atoms with E-state index in [1.54, 1.807) is 6.92 Å². The Kier molecular flexibility index (Phi) is 7.03. The van der Waals surface area contributed by atoms with Crippen molar-refractivity contribution in [2.75, 3.05) is 19.8 Å². The second kappa shape index (κ2) is 9.03. The summed E-state index contributed by atoms with van der Waals surface area (Å²) in [7, 11) is 0. The first kappa shape index (κ1) is 20.2. The van der Waals surface area contributed by atoms with Crippen molar-refractivity contribution in [1.29, 1.82) is 0 Å². The predicted octanol–water partition coefficient (Wildman–Crippen LogP) is 3.99. The standard InChI is InChI=1S/C20H28N2O3S/c1-6-11-22-13(4)18(14(5)23)19(21-20(22)26)16-10-9-15(24-7-2)12-17(16)25-8-3/h9-10,12,19H,6-8,11H2,1-5H3,(H,21,26). The van der Waals surface area contributed by atoms with E-state index < -0.39 is 0 Å². The van der Waals surface area contributed by atoms with Crippen LogP contribution in [0.5, 0.6) is 11.5 Å². The van der Waals surface area contributed by atoms with Gasteiger partial charge in [0.1, 0.15) is 11.5 Å². The third-order valence-corrected chi connectivity index (χ3v) is 4.67. The van der Waals surface area contributed by atoms with Crippen LogP contribution in [0.1, 0.15) is 52.6 Å². The van der Waals surface area contributed by atoms with E-state index in [0.717, 1.165) is 35.5 Å². The molecular weight excluding hydrogens is 348 g/mol. The van der Waals surface area contributed by atoms with Crippen LogP contribution in [0.4, 0.5) is 0 Å². The van der Waals surface area contributed by atoms with Crippen molar-refractivity contribution >= 4 is 23.1 Å². The maximum Gasteiger partial charge on any atom is 0.173 e. The molecule has 0 saturated carbocycles. The molecule has 142 valence electrons. The number of allylic oxidation sites excluding steroid dienone is 1. The van der Waals surface area contributed by atoms with E-state index >= 15 is 0 Å². The molecule has 26 heavy (non-hydrogen) atoms. The molecule has 1 aliphatic rings. The zero-order valence-corrected chi connectivity index (χ0v) is 17.0. The Hall–Kier alpha value is -2.08. The number of nitrogens with one attached hydrogen (secondary N) is 1. The molecule has 1 unspecified atom stereocenters. The van der Waals surface area contributed by atoms with E-state index in [4.69, 9.17) is 21.7 Å². The molecule has 0 amide bonds. The Morgan fingerprint density at radius 2 is 1.92 bits per heavy atom. The third kappa shape index (κ3) is 4.18. The first-order chi connectivity index (χ1) is 12.4. The third-order valence-electron chi connectivity index (χ3n) is 4.33. The highest BCUT2D eigenvalue weighted by molar-refractivity contribution is 7.80. The van der Waals surface area contributed by atoms with Crippen molar-refractivity contribution in [3.8, 4) is 11.5 Å². The van der Waals surface area contributed by atoms with Gasteiger partial charge in [-0.05, 0) is 58.5 Å². The number of thiocarbonyl (C=S) groups is 1. The number of carbonyl (C=O) groups is 1. The van der Waals surface area contributed by atoms with Crippen LogP contribution in [0.3, 0.4) is 0 Å². The molecule has 0 radical (unpaired) electrons. The zero-order valence-electron chi connectivity index (χ0n) is 16.2. The molecule has 0 aliphatic carbocycles. The summed E-state index contributed by atoms with van der Waals surface area (Å²) < 4.78 is 11.4. The van der Waals surface area contributed by atoms with Gasteiger partial charge in [0.15, 0.2) is 10.9 Å². The molecule has 0 aromatic heterocycles. The summed E-state index contributed by atoms with van der Waals surface area (Å²) in [5.41, 5.74) is 2.51. The van der Waals surface area contributed by atoms with Gasteiger partial charge in [-0.25, -0.2) is 0 Å². The van der Waals surface area contributed by atoms with Crippen LogP contribution in [0, 0.1) is 0 Å². The fraction of sp³-hybridized carbons (Fsp3) is 0.500. The van der Waals surface area contributed by atoms with E-state index in [0.29, 0.717) is 24.1 Å². The van der Waals surface area contributed by atoms with Gasteiger partial charge in [0.25, 0.3) is 0 Å². The maximum atomic E-state index is 12.5. The molecular formula is C20H28N2O3S. The van der Waals surface area contributed by atoms with E-state index in [2.05, 4.69) is 12.2 Å². The summed E-state index contributed by atoms with van der Waals surface area (Å²) in [4.78, 5) is 14.5. The highest BCUT2D eigenvalue weighted by atomic mass is 32.1. The van der Waals surface area contributed by atoms with Crippen LogP contribution in [-0.4, -0.2) is 35.6 Å². The van der Waals surface area contributed by atoms with Crippen molar-refractivity contribution in [3.63, 3.8) is 0 Å². The van der Waals surface area contributed by atoms with Crippen LogP contribution in [-0.2, 0) is 4.79 Å². The minimum absolute atomic E-state index is 0.0277. The predicted molar refractivity (Wildman–Crippen MR) is 108 cm³/mol. The van der Waals surface area contributed by atoms with Crippen molar-refractivity contribution in [3.05, 3.63) is 35.0 Å². The first-order valence-corrected chi connectivity index (χ1v) is 9.54. The second-order valence-electron chi connectivity index (χ2n) is 6.16. The maximum absolute atomic E-state index is 12.5. The molecule has 0 bridgehead atoms. The lowest BCUT2D eigenvalue weighted by Gasteiger charge is -2.38. The number of benzene rings is 1. The summed E-state index contributed by atoms with van der Waals surface area (Å²) in [6.07, 6.45) is 0.947. The van der Waals surface area contributed by atoms with Crippen molar-refractivity contribution in [2.45, 2.75) is 47.1 Å². The smallest absolute Gasteiger partial charge is 0.173 e. The van der Waals surface area contributed by atoms with Gasteiger partial charge in [-0.2, -0.15) is 0 Å². The number of ether oxygens (including phenoxy) is 2. The molecule has 2 rings (SSSR count). The molecule has 0 fully saturated rings. The molecule has 0 saturated heterocycles. The largest absolute Gasteiger partial charge is 0.494 e. The van der Waals surface area contributed by atoms with Crippen LogP contribution in [0.2, 0.25) is 0 Å². The Morgan fingerprint density at radius 1 is 1.23 bits per heavy atom. The minimum atomic E-state index is -0.328.